The topological polar surface area (TPSA) is 46.2 Å². The second-order valence-corrected chi connectivity index (χ2v) is 7.37. The highest BCUT2D eigenvalue weighted by atomic mass is 32.2. The molecule has 0 radical (unpaired) electrons. The quantitative estimate of drug-likeness (QED) is 0.904. The van der Waals surface area contributed by atoms with Crippen LogP contribution in [-0.2, 0) is 10.0 Å². The number of rotatable bonds is 5. The van der Waals surface area contributed by atoms with Crippen molar-refractivity contribution in [2.45, 2.75) is 45.1 Å². The summed E-state index contributed by atoms with van der Waals surface area (Å²) >= 11 is 0. The molecule has 0 heterocycles. The van der Waals surface area contributed by atoms with Gasteiger partial charge < -0.3 is 0 Å². The fourth-order valence-electron chi connectivity index (χ4n) is 2.91. The lowest BCUT2D eigenvalue weighted by atomic mass is 10.1. The summed E-state index contributed by atoms with van der Waals surface area (Å²) in [4.78, 5) is 0.396. The van der Waals surface area contributed by atoms with Crippen LogP contribution in [0.4, 0.5) is 0 Å². The fraction of sp³-hybridized carbons (Fsp3) is 0.333. The summed E-state index contributed by atoms with van der Waals surface area (Å²) in [6, 6.07) is 13.3. The molecule has 3 nitrogen and oxygen atoms in total. The Balaban J connectivity index is 2.39. The van der Waals surface area contributed by atoms with Crippen molar-refractivity contribution in [1.82, 2.24) is 4.72 Å². The molecule has 118 valence electrons. The van der Waals surface area contributed by atoms with E-state index in [4.69, 9.17) is 0 Å². The van der Waals surface area contributed by atoms with Gasteiger partial charge in [0, 0.05) is 6.04 Å². The first-order valence-corrected chi connectivity index (χ1v) is 8.98. The highest BCUT2D eigenvalue weighted by molar-refractivity contribution is 7.89. The molecule has 2 aromatic rings. The van der Waals surface area contributed by atoms with Gasteiger partial charge in [0.15, 0.2) is 0 Å². The van der Waals surface area contributed by atoms with Gasteiger partial charge in [-0.3, -0.25) is 0 Å². The molecule has 0 bridgehead atoms. The van der Waals surface area contributed by atoms with Gasteiger partial charge in [-0.15, -0.1) is 0 Å². The summed E-state index contributed by atoms with van der Waals surface area (Å²) in [6.07, 6.45) is 0.702. The molecule has 0 saturated carbocycles. The van der Waals surface area contributed by atoms with E-state index < -0.39 is 10.0 Å². The van der Waals surface area contributed by atoms with E-state index in [2.05, 4.69) is 4.72 Å². The van der Waals surface area contributed by atoms with E-state index in [9.17, 15) is 8.42 Å². The van der Waals surface area contributed by atoms with Crippen molar-refractivity contribution in [2.75, 3.05) is 0 Å². The first-order valence-electron chi connectivity index (χ1n) is 7.50. The number of hydrogen-bond acceptors (Lipinski definition) is 2. The van der Waals surface area contributed by atoms with E-state index in [1.165, 1.54) is 0 Å². The van der Waals surface area contributed by atoms with Crippen molar-refractivity contribution < 1.29 is 8.42 Å². The molecule has 0 spiro atoms. The molecule has 22 heavy (non-hydrogen) atoms. The Hall–Kier alpha value is -1.65. The highest BCUT2D eigenvalue weighted by Crippen LogP contribution is 2.25. The maximum Gasteiger partial charge on any atom is 0.241 e. The fourth-order valence-corrected chi connectivity index (χ4v) is 4.67. The van der Waals surface area contributed by atoms with Gasteiger partial charge in [0.05, 0.1) is 4.90 Å². The lowest BCUT2D eigenvalue weighted by molar-refractivity contribution is 0.549. The van der Waals surface area contributed by atoms with Crippen molar-refractivity contribution in [3.8, 4) is 0 Å². The molecule has 0 aliphatic heterocycles. The minimum atomic E-state index is -3.55. The molecule has 0 amide bonds. The zero-order valence-electron chi connectivity index (χ0n) is 13.6. The number of hydrogen-bond donors (Lipinski definition) is 1. The second kappa shape index (κ2) is 6.63. The monoisotopic (exact) mass is 317 g/mol. The van der Waals surface area contributed by atoms with Crippen LogP contribution in [0.1, 0.15) is 41.6 Å². The molecule has 0 aliphatic rings. The number of sulfonamides is 1. The molecule has 2 rings (SSSR count). The van der Waals surface area contributed by atoms with Crippen LogP contribution in [0.15, 0.2) is 47.4 Å². The lowest BCUT2D eigenvalue weighted by Crippen LogP contribution is -2.29. The van der Waals surface area contributed by atoms with Gasteiger partial charge in [-0.05, 0) is 43.9 Å². The third-order valence-electron chi connectivity index (χ3n) is 3.78. The van der Waals surface area contributed by atoms with E-state index in [1.807, 2.05) is 70.2 Å². The predicted octanol–water partition coefficient (Wildman–Crippen LogP) is 4.04. The maximum atomic E-state index is 12.8. The Bertz CT molecular complexity index is 729. The summed E-state index contributed by atoms with van der Waals surface area (Å²) in [6.45, 7) is 7.65. The minimum Gasteiger partial charge on any atom is -0.207 e. The predicted molar refractivity (Wildman–Crippen MR) is 90.4 cm³/mol. The van der Waals surface area contributed by atoms with Crippen LogP contribution < -0.4 is 4.72 Å². The molecule has 0 unspecified atom stereocenters. The summed E-state index contributed by atoms with van der Waals surface area (Å²) in [7, 11) is -3.55. The highest BCUT2D eigenvalue weighted by Gasteiger charge is 2.23. The van der Waals surface area contributed by atoms with Crippen LogP contribution in [0.2, 0.25) is 0 Å². The summed E-state index contributed by atoms with van der Waals surface area (Å²) in [5.74, 6) is 0. The second-order valence-electron chi connectivity index (χ2n) is 5.72. The molecule has 0 saturated heterocycles. The van der Waals surface area contributed by atoms with E-state index in [0.29, 0.717) is 11.3 Å². The van der Waals surface area contributed by atoms with Crippen LogP contribution in [0, 0.1) is 20.8 Å². The van der Waals surface area contributed by atoms with Gasteiger partial charge in [-0.25, -0.2) is 13.1 Å². The summed E-state index contributed by atoms with van der Waals surface area (Å²) in [5.41, 5.74) is 3.63. The molecule has 1 N–H and O–H groups in total. The lowest BCUT2D eigenvalue weighted by Gasteiger charge is -2.20. The molecule has 2 aromatic carbocycles. The van der Waals surface area contributed by atoms with Gasteiger partial charge in [-0.2, -0.15) is 0 Å². The van der Waals surface area contributed by atoms with Crippen LogP contribution in [0.5, 0.6) is 0 Å². The third kappa shape index (κ3) is 3.57. The maximum absolute atomic E-state index is 12.8. The molecule has 0 aliphatic carbocycles. The zero-order valence-corrected chi connectivity index (χ0v) is 14.4. The molecule has 4 heteroatoms. The summed E-state index contributed by atoms with van der Waals surface area (Å²) in [5, 5.41) is 0. The van der Waals surface area contributed by atoms with E-state index in [-0.39, 0.29) is 6.04 Å². The van der Waals surface area contributed by atoms with Gasteiger partial charge in [0.25, 0.3) is 0 Å². The van der Waals surface area contributed by atoms with Crippen LogP contribution >= 0.6 is 0 Å². The normalized spacial score (nSPS) is 13.1. The van der Waals surface area contributed by atoms with Crippen LogP contribution in [0.3, 0.4) is 0 Å². The Morgan fingerprint density at radius 2 is 1.55 bits per heavy atom. The Kier molecular flexibility index (Phi) is 5.04. The van der Waals surface area contributed by atoms with Crippen molar-refractivity contribution >= 4 is 10.0 Å². The van der Waals surface area contributed by atoms with Crippen molar-refractivity contribution in [3.05, 3.63) is 64.7 Å². The molecule has 1 atom stereocenters. The average Bonchev–Trinajstić information content (AvgIpc) is 2.44. The molecule has 0 fully saturated rings. The first-order chi connectivity index (χ1) is 10.3. The van der Waals surface area contributed by atoms with Gasteiger partial charge in [-0.1, -0.05) is 55.0 Å². The van der Waals surface area contributed by atoms with Gasteiger partial charge >= 0.3 is 0 Å². The molecule has 0 aromatic heterocycles. The Morgan fingerprint density at radius 1 is 1.00 bits per heavy atom. The number of nitrogens with one attached hydrogen (secondary N) is 1. The minimum absolute atomic E-state index is 0.216. The number of benzene rings is 2. The van der Waals surface area contributed by atoms with Crippen molar-refractivity contribution in [3.63, 3.8) is 0 Å². The largest absolute Gasteiger partial charge is 0.241 e. The standard InChI is InChI=1S/C18H23NO2S/c1-5-17(16-9-7-6-8-10-16)19-22(20,21)18-14(3)11-13(2)12-15(18)4/h6-12,17,19H,5H2,1-4H3/t17-/m0/s1. The van der Waals surface area contributed by atoms with Crippen LogP contribution in [0.25, 0.3) is 0 Å². The SMILES string of the molecule is CC[C@H](NS(=O)(=O)c1c(C)cc(C)cc1C)c1ccccc1. The average molecular weight is 317 g/mol. The number of aryl methyl sites for hydroxylation is 3. The van der Waals surface area contributed by atoms with Gasteiger partial charge in [0.1, 0.15) is 0 Å². The van der Waals surface area contributed by atoms with E-state index in [0.717, 1.165) is 22.3 Å². The van der Waals surface area contributed by atoms with Gasteiger partial charge in [0.2, 0.25) is 10.0 Å². The van der Waals surface area contributed by atoms with E-state index >= 15 is 0 Å². The zero-order chi connectivity index (χ0) is 16.3. The molecular weight excluding hydrogens is 294 g/mol. The van der Waals surface area contributed by atoms with Crippen LogP contribution in [-0.4, -0.2) is 8.42 Å². The van der Waals surface area contributed by atoms with E-state index in [1.54, 1.807) is 0 Å². The third-order valence-corrected chi connectivity index (χ3v) is 5.56. The Labute approximate surface area is 133 Å². The smallest absolute Gasteiger partial charge is 0.207 e. The van der Waals surface area contributed by atoms with Crippen molar-refractivity contribution in [1.29, 1.82) is 0 Å². The van der Waals surface area contributed by atoms with Crippen molar-refractivity contribution in [2.24, 2.45) is 0 Å². The summed E-state index contributed by atoms with van der Waals surface area (Å²) < 4.78 is 28.5. The molecular formula is C18H23NO2S. The first kappa shape index (κ1) is 16.7. The Morgan fingerprint density at radius 3 is 2.05 bits per heavy atom.